The zero-order valence-electron chi connectivity index (χ0n) is 16.6. The number of hydrogen-bond acceptors (Lipinski definition) is 5. The maximum atomic E-state index is 12.4. The molecule has 0 bridgehead atoms. The molecule has 2 aromatic rings. The van der Waals surface area contributed by atoms with Gasteiger partial charge in [0.15, 0.2) is 0 Å². The Hall–Kier alpha value is -3.42. The number of carbonyl (C=O) groups is 2. The monoisotopic (exact) mass is 396 g/mol. The first-order valence-corrected chi connectivity index (χ1v) is 9.47. The lowest BCUT2D eigenvalue weighted by molar-refractivity contribution is -0.384. The number of non-ortho nitro benzene ring substituents is 1. The predicted octanol–water partition coefficient (Wildman–Crippen LogP) is 2.29. The molecule has 0 spiro atoms. The molecule has 152 valence electrons. The molecule has 1 fully saturated rings. The minimum absolute atomic E-state index is 0.0383. The maximum Gasteiger partial charge on any atom is 0.269 e. The smallest absolute Gasteiger partial charge is 0.269 e. The van der Waals surface area contributed by atoms with Gasteiger partial charge in [0.05, 0.1) is 11.5 Å². The normalized spacial score (nSPS) is 13.9. The first-order chi connectivity index (χ1) is 13.8. The summed E-state index contributed by atoms with van der Waals surface area (Å²) >= 11 is 0. The summed E-state index contributed by atoms with van der Waals surface area (Å²) in [6.45, 7) is 6.16. The van der Waals surface area contributed by atoms with Gasteiger partial charge in [-0.25, -0.2) is 0 Å². The molecule has 0 unspecified atom stereocenters. The van der Waals surface area contributed by atoms with Gasteiger partial charge in [0.1, 0.15) is 0 Å². The van der Waals surface area contributed by atoms with Gasteiger partial charge in [0, 0.05) is 49.6 Å². The number of nitro groups is 1. The Bertz CT molecular complexity index is 899. The number of piperazine rings is 1. The van der Waals surface area contributed by atoms with Gasteiger partial charge in [0.25, 0.3) is 11.6 Å². The third-order valence-corrected chi connectivity index (χ3v) is 4.94. The van der Waals surface area contributed by atoms with E-state index in [1.54, 1.807) is 29.2 Å². The van der Waals surface area contributed by atoms with Crippen molar-refractivity contribution in [3.8, 4) is 0 Å². The van der Waals surface area contributed by atoms with Crippen LogP contribution in [-0.2, 0) is 4.79 Å². The Labute approximate surface area is 169 Å². The number of nitrogens with zero attached hydrogens (tertiary/aromatic N) is 3. The van der Waals surface area contributed by atoms with E-state index < -0.39 is 4.92 Å². The third kappa shape index (κ3) is 5.10. The molecule has 8 heteroatoms. The van der Waals surface area contributed by atoms with Gasteiger partial charge < -0.3 is 15.1 Å². The number of rotatable bonds is 5. The van der Waals surface area contributed by atoms with Gasteiger partial charge in [-0.3, -0.25) is 19.7 Å². The molecular weight excluding hydrogens is 372 g/mol. The number of nitro benzene ring substituents is 1. The quantitative estimate of drug-likeness (QED) is 0.618. The van der Waals surface area contributed by atoms with E-state index in [0.717, 1.165) is 16.8 Å². The number of amides is 2. The van der Waals surface area contributed by atoms with Crippen LogP contribution in [0.2, 0.25) is 0 Å². The van der Waals surface area contributed by atoms with E-state index in [1.807, 2.05) is 19.9 Å². The van der Waals surface area contributed by atoms with Gasteiger partial charge in [0.2, 0.25) is 5.91 Å². The van der Waals surface area contributed by atoms with Crippen LogP contribution in [0.1, 0.15) is 21.5 Å². The Morgan fingerprint density at radius 2 is 1.59 bits per heavy atom. The van der Waals surface area contributed by atoms with Crippen molar-refractivity contribution >= 4 is 23.2 Å². The highest BCUT2D eigenvalue weighted by Crippen LogP contribution is 2.20. The summed E-state index contributed by atoms with van der Waals surface area (Å²) in [6.07, 6.45) is 0. The molecule has 1 aliphatic heterocycles. The van der Waals surface area contributed by atoms with Crippen molar-refractivity contribution in [1.29, 1.82) is 0 Å². The molecule has 0 saturated carbocycles. The highest BCUT2D eigenvalue weighted by atomic mass is 16.6. The molecule has 1 saturated heterocycles. The molecule has 3 rings (SSSR count). The fourth-order valence-electron chi connectivity index (χ4n) is 3.47. The topological polar surface area (TPSA) is 95.8 Å². The van der Waals surface area contributed by atoms with Crippen LogP contribution in [0.4, 0.5) is 11.4 Å². The number of hydrogen-bond donors (Lipinski definition) is 1. The second-order valence-corrected chi connectivity index (χ2v) is 7.20. The summed E-state index contributed by atoms with van der Waals surface area (Å²) in [5.41, 5.74) is 3.51. The Balaban J connectivity index is 1.49. The lowest BCUT2D eigenvalue weighted by atomic mass is 10.1. The Morgan fingerprint density at radius 1 is 1.00 bits per heavy atom. The highest BCUT2D eigenvalue weighted by molar-refractivity contribution is 5.96. The van der Waals surface area contributed by atoms with Crippen LogP contribution in [0.5, 0.6) is 0 Å². The standard InChI is InChI=1S/C21H24N4O4/c1-15-11-16(2)13-17(12-15)21(27)22-14-20(26)24-9-7-23(8-10-24)18-3-5-19(6-4-18)25(28)29/h3-6,11-13H,7-10,14H2,1-2H3,(H,22,27). The zero-order valence-corrected chi connectivity index (χ0v) is 16.6. The molecular formula is C21H24N4O4. The molecule has 29 heavy (non-hydrogen) atoms. The fraction of sp³-hybridized carbons (Fsp3) is 0.333. The van der Waals surface area contributed by atoms with Gasteiger partial charge in [-0.1, -0.05) is 17.2 Å². The summed E-state index contributed by atoms with van der Waals surface area (Å²) < 4.78 is 0. The van der Waals surface area contributed by atoms with E-state index >= 15 is 0 Å². The van der Waals surface area contributed by atoms with E-state index in [-0.39, 0.29) is 24.0 Å². The van der Waals surface area contributed by atoms with Crippen LogP contribution in [0, 0.1) is 24.0 Å². The predicted molar refractivity (Wildman–Crippen MR) is 110 cm³/mol. The number of carbonyl (C=O) groups excluding carboxylic acids is 2. The summed E-state index contributed by atoms with van der Waals surface area (Å²) in [5, 5.41) is 13.5. The first-order valence-electron chi connectivity index (χ1n) is 9.47. The maximum absolute atomic E-state index is 12.4. The minimum atomic E-state index is -0.424. The second kappa shape index (κ2) is 8.72. The molecule has 0 aliphatic carbocycles. The lowest BCUT2D eigenvalue weighted by Gasteiger charge is -2.36. The molecule has 0 radical (unpaired) electrons. The highest BCUT2D eigenvalue weighted by Gasteiger charge is 2.22. The van der Waals surface area contributed by atoms with Crippen molar-refractivity contribution in [3.05, 3.63) is 69.3 Å². The molecule has 8 nitrogen and oxygen atoms in total. The fourth-order valence-corrected chi connectivity index (χ4v) is 3.47. The van der Waals surface area contributed by atoms with E-state index in [9.17, 15) is 19.7 Å². The molecule has 2 aromatic carbocycles. The van der Waals surface area contributed by atoms with E-state index in [0.29, 0.717) is 31.7 Å². The number of aryl methyl sites for hydroxylation is 2. The van der Waals surface area contributed by atoms with Gasteiger partial charge in [-0.05, 0) is 38.1 Å². The van der Waals surface area contributed by atoms with Gasteiger partial charge in [-0.2, -0.15) is 0 Å². The third-order valence-electron chi connectivity index (χ3n) is 4.94. The van der Waals surface area contributed by atoms with E-state index in [1.165, 1.54) is 12.1 Å². The zero-order chi connectivity index (χ0) is 21.0. The van der Waals surface area contributed by atoms with Gasteiger partial charge in [-0.15, -0.1) is 0 Å². The van der Waals surface area contributed by atoms with Crippen molar-refractivity contribution in [3.63, 3.8) is 0 Å². The SMILES string of the molecule is Cc1cc(C)cc(C(=O)NCC(=O)N2CCN(c3ccc([N+](=O)[O-])cc3)CC2)c1. The van der Waals surface area contributed by atoms with Crippen LogP contribution >= 0.6 is 0 Å². The van der Waals surface area contributed by atoms with Gasteiger partial charge >= 0.3 is 0 Å². The van der Waals surface area contributed by atoms with Crippen molar-refractivity contribution < 1.29 is 14.5 Å². The van der Waals surface area contributed by atoms with Crippen LogP contribution < -0.4 is 10.2 Å². The summed E-state index contributed by atoms with van der Waals surface area (Å²) in [4.78, 5) is 38.9. The summed E-state index contributed by atoms with van der Waals surface area (Å²) in [6, 6.07) is 12.0. The van der Waals surface area contributed by atoms with Crippen molar-refractivity contribution in [2.75, 3.05) is 37.6 Å². The molecule has 1 heterocycles. The number of anilines is 1. The van der Waals surface area contributed by atoms with Crippen molar-refractivity contribution in [2.45, 2.75) is 13.8 Å². The Kier molecular flexibility index (Phi) is 6.11. The molecule has 0 aromatic heterocycles. The Morgan fingerprint density at radius 3 is 2.14 bits per heavy atom. The molecule has 2 amide bonds. The lowest BCUT2D eigenvalue weighted by Crippen LogP contribution is -2.51. The van der Waals surface area contributed by atoms with Crippen molar-refractivity contribution in [2.24, 2.45) is 0 Å². The number of benzene rings is 2. The van der Waals surface area contributed by atoms with Crippen LogP contribution in [0.3, 0.4) is 0 Å². The van der Waals surface area contributed by atoms with Crippen LogP contribution in [-0.4, -0.2) is 54.4 Å². The average Bonchev–Trinajstić information content (AvgIpc) is 2.71. The minimum Gasteiger partial charge on any atom is -0.368 e. The van der Waals surface area contributed by atoms with Crippen LogP contribution in [0.15, 0.2) is 42.5 Å². The molecule has 1 N–H and O–H groups in total. The molecule has 1 aliphatic rings. The number of nitrogens with one attached hydrogen (secondary N) is 1. The van der Waals surface area contributed by atoms with Crippen molar-refractivity contribution in [1.82, 2.24) is 10.2 Å². The van der Waals surface area contributed by atoms with E-state index in [4.69, 9.17) is 0 Å². The largest absolute Gasteiger partial charge is 0.368 e. The van der Waals surface area contributed by atoms with Crippen LogP contribution in [0.25, 0.3) is 0 Å². The first kappa shape index (κ1) is 20.3. The molecule has 0 atom stereocenters. The summed E-state index contributed by atoms with van der Waals surface area (Å²) in [5.74, 6) is -0.374. The summed E-state index contributed by atoms with van der Waals surface area (Å²) in [7, 11) is 0. The second-order valence-electron chi connectivity index (χ2n) is 7.20. The van der Waals surface area contributed by atoms with E-state index in [2.05, 4.69) is 10.2 Å². The average molecular weight is 396 g/mol.